The monoisotopic (exact) mass is 506 g/mol. The van der Waals surface area contributed by atoms with Gasteiger partial charge >= 0.3 is 0 Å². The van der Waals surface area contributed by atoms with Crippen molar-refractivity contribution >= 4 is 23.2 Å². The number of amides is 1. The van der Waals surface area contributed by atoms with E-state index in [9.17, 15) is 4.79 Å². The van der Waals surface area contributed by atoms with Gasteiger partial charge in [-0.1, -0.05) is 17.7 Å². The molecule has 3 aromatic carbocycles. The molecule has 2 unspecified atom stereocenters. The minimum absolute atomic E-state index is 0.0184. The molecule has 0 saturated heterocycles. The molecule has 0 radical (unpaired) electrons. The molecule has 0 aliphatic carbocycles. The zero-order valence-corrected chi connectivity index (χ0v) is 20.9. The van der Waals surface area contributed by atoms with Crippen molar-refractivity contribution in [3.8, 4) is 23.0 Å². The lowest BCUT2D eigenvalue weighted by Crippen LogP contribution is -2.42. The molecule has 3 heterocycles. The molecule has 186 valence electrons. The predicted octanol–water partition coefficient (Wildman–Crippen LogP) is 5.31. The Morgan fingerprint density at radius 2 is 1.83 bits per heavy atom. The third-order valence-corrected chi connectivity index (χ3v) is 7.63. The molecule has 1 N–H and O–H groups in total. The predicted molar refractivity (Wildman–Crippen MR) is 136 cm³/mol. The molecule has 0 spiro atoms. The van der Waals surface area contributed by atoms with Gasteiger partial charge in [-0.15, -0.1) is 0 Å². The van der Waals surface area contributed by atoms with Crippen molar-refractivity contribution in [3.63, 3.8) is 0 Å². The van der Waals surface area contributed by atoms with Crippen LogP contribution in [0, 0.1) is 0 Å². The molecule has 2 atom stereocenters. The summed E-state index contributed by atoms with van der Waals surface area (Å²) in [6.07, 6.45) is 1.20. The molecular weight excluding hydrogens is 480 g/mol. The van der Waals surface area contributed by atoms with Gasteiger partial charge in [0.2, 0.25) is 12.7 Å². The largest absolute Gasteiger partial charge is 0.493 e. The fraction of sp³-hybridized carbons (Fsp3) is 0.321. The molecule has 0 saturated carbocycles. The van der Waals surface area contributed by atoms with Gasteiger partial charge in [-0.2, -0.15) is 0 Å². The molecule has 3 aliphatic rings. The number of nitrogens with one attached hydrogen (secondary N) is 1. The summed E-state index contributed by atoms with van der Waals surface area (Å²) in [6, 6.07) is 15.4. The van der Waals surface area contributed by atoms with E-state index in [0.717, 1.165) is 47.0 Å². The second-order valence-electron chi connectivity index (χ2n) is 9.30. The van der Waals surface area contributed by atoms with Crippen LogP contribution in [0.2, 0.25) is 5.02 Å². The lowest BCUT2D eigenvalue weighted by Gasteiger charge is -2.46. The number of carbonyl (C=O) groups is 1. The SMILES string of the molecule is COc1ccc2c(c1OC)CN1CCc3cc4c(cc3C1C2CC(=O)Nc1ccc(Cl)cc1)OCO4. The van der Waals surface area contributed by atoms with E-state index in [4.69, 9.17) is 30.5 Å². The normalized spacial score (nSPS) is 19.6. The summed E-state index contributed by atoms with van der Waals surface area (Å²) in [7, 11) is 3.31. The van der Waals surface area contributed by atoms with Crippen molar-refractivity contribution in [2.24, 2.45) is 0 Å². The third kappa shape index (κ3) is 3.92. The molecule has 8 heteroatoms. The molecule has 0 fully saturated rings. The highest BCUT2D eigenvalue weighted by Gasteiger charge is 2.42. The minimum Gasteiger partial charge on any atom is -0.493 e. The second kappa shape index (κ2) is 9.22. The number of hydrogen-bond acceptors (Lipinski definition) is 6. The summed E-state index contributed by atoms with van der Waals surface area (Å²) < 4.78 is 22.7. The summed E-state index contributed by atoms with van der Waals surface area (Å²) in [4.78, 5) is 15.8. The van der Waals surface area contributed by atoms with Gasteiger partial charge in [0.1, 0.15) is 0 Å². The van der Waals surface area contributed by atoms with Crippen LogP contribution in [0.25, 0.3) is 0 Å². The number of ether oxygens (including phenoxy) is 4. The first-order chi connectivity index (χ1) is 17.6. The van der Waals surface area contributed by atoms with E-state index in [1.807, 2.05) is 18.2 Å². The summed E-state index contributed by atoms with van der Waals surface area (Å²) >= 11 is 6.02. The Kier molecular flexibility index (Phi) is 5.90. The van der Waals surface area contributed by atoms with Crippen LogP contribution in [-0.4, -0.2) is 38.4 Å². The number of hydrogen-bond donors (Lipinski definition) is 1. The van der Waals surface area contributed by atoms with Crippen molar-refractivity contribution in [1.82, 2.24) is 4.90 Å². The van der Waals surface area contributed by atoms with E-state index in [-0.39, 0.29) is 24.7 Å². The van der Waals surface area contributed by atoms with E-state index in [1.54, 1.807) is 26.4 Å². The van der Waals surface area contributed by atoms with Gasteiger partial charge < -0.3 is 24.3 Å². The van der Waals surface area contributed by atoms with Crippen molar-refractivity contribution in [1.29, 1.82) is 0 Å². The molecule has 7 nitrogen and oxygen atoms in total. The fourth-order valence-electron chi connectivity index (χ4n) is 5.80. The van der Waals surface area contributed by atoms with Crippen molar-refractivity contribution < 1.29 is 23.7 Å². The van der Waals surface area contributed by atoms with Gasteiger partial charge in [0.15, 0.2) is 23.0 Å². The van der Waals surface area contributed by atoms with E-state index >= 15 is 0 Å². The average molecular weight is 507 g/mol. The van der Waals surface area contributed by atoms with Gasteiger partial charge in [-0.3, -0.25) is 9.69 Å². The standard InChI is InChI=1S/C28H27ClN2O5/c1-33-23-8-7-19-21(13-26(32)30-18-5-3-17(29)4-6-18)27-20-12-25-24(35-15-36-25)11-16(20)9-10-31(27)14-22(19)28(23)34-2/h3-8,11-12,21,27H,9-10,13-15H2,1-2H3,(H,30,32). The lowest BCUT2D eigenvalue weighted by molar-refractivity contribution is -0.117. The first-order valence-electron chi connectivity index (χ1n) is 12.0. The average Bonchev–Trinajstić information content (AvgIpc) is 3.35. The highest BCUT2D eigenvalue weighted by molar-refractivity contribution is 6.30. The van der Waals surface area contributed by atoms with E-state index in [1.165, 1.54) is 11.1 Å². The molecule has 0 aromatic heterocycles. The van der Waals surface area contributed by atoms with Gasteiger partial charge in [0.25, 0.3) is 0 Å². The lowest BCUT2D eigenvalue weighted by atomic mass is 9.74. The maximum Gasteiger partial charge on any atom is 0.231 e. The topological polar surface area (TPSA) is 69.3 Å². The highest BCUT2D eigenvalue weighted by atomic mass is 35.5. The van der Waals surface area contributed by atoms with Gasteiger partial charge in [-0.05, 0) is 65.6 Å². The van der Waals surface area contributed by atoms with Crippen LogP contribution in [0.15, 0.2) is 48.5 Å². The Morgan fingerprint density at radius 3 is 2.58 bits per heavy atom. The summed E-state index contributed by atoms with van der Waals surface area (Å²) in [5.74, 6) is 2.82. The Bertz CT molecular complexity index is 1330. The highest BCUT2D eigenvalue weighted by Crippen LogP contribution is 2.52. The van der Waals surface area contributed by atoms with Crippen LogP contribution in [0.3, 0.4) is 0 Å². The Hall–Kier alpha value is -3.42. The number of fused-ring (bicyclic) bond motifs is 5. The Balaban J connectivity index is 1.42. The maximum absolute atomic E-state index is 13.4. The third-order valence-electron chi connectivity index (χ3n) is 7.37. The molecule has 6 rings (SSSR count). The van der Waals surface area contributed by atoms with E-state index in [0.29, 0.717) is 23.7 Å². The number of anilines is 1. The zero-order valence-electron chi connectivity index (χ0n) is 20.2. The molecule has 3 aromatic rings. The van der Waals surface area contributed by atoms with Crippen LogP contribution in [0.4, 0.5) is 5.69 Å². The molecule has 3 aliphatic heterocycles. The zero-order chi connectivity index (χ0) is 24.8. The van der Waals surface area contributed by atoms with E-state index < -0.39 is 0 Å². The minimum atomic E-state index is -0.0970. The summed E-state index contributed by atoms with van der Waals surface area (Å²) in [5.41, 5.74) is 5.33. The fourth-order valence-corrected chi connectivity index (χ4v) is 5.92. The van der Waals surface area contributed by atoms with Crippen molar-refractivity contribution in [2.75, 3.05) is 32.9 Å². The van der Waals surface area contributed by atoms with E-state index in [2.05, 4.69) is 28.4 Å². The Morgan fingerprint density at radius 1 is 1.06 bits per heavy atom. The van der Waals surface area contributed by atoms with Crippen LogP contribution >= 0.6 is 11.6 Å². The summed E-state index contributed by atoms with van der Waals surface area (Å²) in [6.45, 7) is 1.81. The first-order valence-corrected chi connectivity index (χ1v) is 12.4. The maximum atomic E-state index is 13.4. The smallest absolute Gasteiger partial charge is 0.231 e. The number of carbonyl (C=O) groups excluding carboxylic acids is 1. The Labute approximate surface area is 214 Å². The number of halogens is 1. The number of rotatable bonds is 5. The number of nitrogens with zero attached hydrogens (tertiary/aromatic N) is 1. The molecular formula is C28H27ClN2O5. The van der Waals surface area contributed by atoms with Crippen molar-refractivity contribution in [2.45, 2.75) is 31.3 Å². The van der Waals surface area contributed by atoms with Crippen LogP contribution < -0.4 is 24.3 Å². The summed E-state index contributed by atoms with van der Waals surface area (Å²) in [5, 5.41) is 3.67. The van der Waals surface area contributed by atoms with Crippen molar-refractivity contribution in [3.05, 3.63) is 75.8 Å². The second-order valence-corrected chi connectivity index (χ2v) is 9.74. The van der Waals surface area contributed by atoms with Gasteiger partial charge in [0, 0.05) is 47.7 Å². The molecule has 1 amide bonds. The molecule has 36 heavy (non-hydrogen) atoms. The van der Waals surface area contributed by atoms with Crippen LogP contribution in [0.5, 0.6) is 23.0 Å². The van der Waals surface area contributed by atoms with Crippen LogP contribution in [0.1, 0.15) is 40.6 Å². The molecule has 0 bridgehead atoms. The number of methoxy groups -OCH3 is 2. The number of benzene rings is 3. The first kappa shape index (κ1) is 23.0. The van der Waals surface area contributed by atoms with Gasteiger partial charge in [-0.25, -0.2) is 0 Å². The van der Waals surface area contributed by atoms with Crippen LogP contribution in [-0.2, 0) is 17.8 Å². The quantitative estimate of drug-likeness (QED) is 0.505. The van der Waals surface area contributed by atoms with Gasteiger partial charge in [0.05, 0.1) is 14.2 Å².